The Morgan fingerprint density at radius 3 is 2.68 bits per heavy atom. The van der Waals surface area contributed by atoms with Gasteiger partial charge in [-0.1, -0.05) is 60.3 Å². The van der Waals surface area contributed by atoms with Gasteiger partial charge in [0.25, 0.3) is 0 Å². The number of hydrogen-bond donors (Lipinski definition) is 3. The number of nitrogens with one attached hydrogen (secondary N) is 2. The van der Waals surface area contributed by atoms with Gasteiger partial charge >= 0.3 is 5.97 Å². The Morgan fingerprint density at radius 2 is 1.85 bits per heavy atom. The predicted molar refractivity (Wildman–Crippen MR) is 135 cm³/mol. The molecule has 170 valence electrons. The molecule has 0 spiro atoms. The van der Waals surface area contributed by atoms with Crippen LogP contribution in [0.5, 0.6) is 0 Å². The maximum absolute atomic E-state index is 12.6. The summed E-state index contributed by atoms with van der Waals surface area (Å²) in [5.74, 6) is -1.37. The van der Waals surface area contributed by atoms with Crippen LogP contribution in [-0.4, -0.2) is 43.7 Å². The summed E-state index contributed by atoms with van der Waals surface area (Å²) in [5, 5.41) is 14.9. The van der Waals surface area contributed by atoms with Crippen LogP contribution in [0.3, 0.4) is 0 Å². The van der Waals surface area contributed by atoms with E-state index in [0.29, 0.717) is 5.03 Å². The maximum atomic E-state index is 12.6. The molecule has 1 unspecified atom stereocenters. The van der Waals surface area contributed by atoms with Gasteiger partial charge in [-0.05, 0) is 23.3 Å². The van der Waals surface area contributed by atoms with E-state index in [4.69, 9.17) is 0 Å². The van der Waals surface area contributed by atoms with Gasteiger partial charge < -0.3 is 15.4 Å². The summed E-state index contributed by atoms with van der Waals surface area (Å²) >= 11 is 2.85. The third-order valence-corrected chi connectivity index (χ3v) is 7.52. The number of para-hydroxylation sites is 1. The van der Waals surface area contributed by atoms with E-state index in [1.807, 2.05) is 60.7 Å². The summed E-state index contributed by atoms with van der Waals surface area (Å²) in [6.45, 7) is 0. The number of H-pyrrole nitrogens is 1. The number of amides is 1. The fraction of sp³-hybridized carbons (Fsp3) is 0.120. The van der Waals surface area contributed by atoms with Gasteiger partial charge in [-0.3, -0.25) is 4.79 Å². The minimum atomic E-state index is -1.07. The lowest BCUT2D eigenvalue weighted by molar-refractivity contribution is -0.141. The topological polar surface area (TPSA) is 108 Å². The number of carbonyl (C=O) groups excluding carboxylic acids is 1. The van der Waals surface area contributed by atoms with Crippen molar-refractivity contribution in [1.82, 2.24) is 20.3 Å². The van der Waals surface area contributed by atoms with Gasteiger partial charge in [0, 0.05) is 33.8 Å². The van der Waals surface area contributed by atoms with E-state index >= 15 is 0 Å². The average molecular weight is 489 g/mol. The Balaban J connectivity index is 1.28. The summed E-state index contributed by atoms with van der Waals surface area (Å²) < 4.78 is 0. The number of carboxylic acids is 1. The van der Waals surface area contributed by atoms with Gasteiger partial charge in [-0.15, -0.1) is 11.3 Å². The zero-order chi connectivity index (χ0) is 23.5. The zero-order valence-corrected chi connectivity index (χ0v) is 19.5. The number of aromatic nitrogens is 3. The largest absolute Gasteiger partial charge is 0.480 e. The molecule has 9 heteroatoms. The van der Waals surface area contributed by atoms with Crippen LogP contribution in [0.2, 0.25) is 0 Å². The van der Waals surface area contributed by atoms with E-state index in [1.54, 1.807) is 17.5 Å². The SMILES string of the molecule is O=C(CSc1ncnc2sc(-c3ccccc3)cc12)NC(Cc1c[nH]c2ccccc12)C(=O)O. The van der Waals surface area contributed by atoms with Crippen molar-refractivity contribution in [3.63, 3.8) is 0 Å². The van der Waals surface area contributed by atoms with Crippen LogP contribution in [0.4, 0.5) is 0 Å². The summed E-state index contributed by atoms with van der Waals surface area (Å²) in [6.07, 6.45) is 3.48. The number of carboxylic acid groups (broad SMARTS) is 1. The first kappa shape index (κ1) is 22.1. The summed E-state index contributed by atoms with van der Waals surface area (Å²) in [7, 11) is 0. The number of carbonyl (C=O) groups is 2. The van der Waals surface area contributed by atoms with E-state index in [9.17, 15) is 14.7 Å². The highest BCUT2D eigenvalue weighted by molar-refractivity contribution is 8.00. The highest BCUT2D eigenvalue weighted by Crippen LogP contribution is 2.36. The average Bonchev–Trinajstić information content (AvgIpc) is 3.47. The minimum absolute atomic E-state index is 0.0558. The molecule has 2 aromatic carbocycles. The van der Waals surface area contributed by atoms with Crippen LogP contribution in [0.1, 0.15) is 5.56 Å². The molecule has 5 aromatic rings. The third-order valence-electron chi connectivity index (χ3n) is 5.42. The van der Waals surface area contributed by atoms with Gasteiger partial charge in [0.15, 0.2) is 0 Å². The second-order valence-corrected chi connectivity index (χ2v) is 9.68. The van der Waals surface area contributed by atoms with Gasteiger partial charge in [-0.2, -0.15) is 0 Å². The van der Waals surface area contributed by atoms with Gasteiger partial charge in [0.05, 0.1) is 5.75 Å². The van der Waals surface area contributed by atoms with Crippen molar-refractivity contribution in [2.45, 2.75) is 17.5 Å². The van der Waals surface area contributed by atoms with Gasteiger partial charge in [-0.25, -0.2) is 14.8 Å². The molecule has 0 bridgehead atoms. The zero-order valence-electron chi connectivity index (χ0n) is 17.9. The lowest BCUT2D eigenvalue weighted by Crippen LogP contribution is -2.43. The molecular formula is C25H20N4O3S2. The lowest BCUT2D eigenvalue weighted by atomic mass is 10.1. The van der Waals surface area contributed by atoms with Crippen molar-refractivity contribution in [1.29, 1.82) is 0 Å². The number of fused-ring (bicyclic) bond motifs is 2. The molecule has 34 heavy (non-hydrogen) atoms. The first-order valence-electron chi connectivity index (χ1n) is 10.6. The van der Waals surface area contributed by atoms with Crippen LogP contribution in [-0.2, 0) is 16.0 Å². The Morgan fingerprint density at radius 1 is 1.06 bits per heavy atom. The van der Waals surface area contributed by atoms with Gasteiger partial charge in [0.2, 0.25) is 5.91 Å². The first-order valence-corrected chi connectivity index (χ1v) is 12.4. The fourth-order valence-corrected chi connectivity index (χ4v) is 5.64. The number of benzene rings is 2. The maximum Gasteiger partial charge on any atom is 0.326 e. The third kappa shape index (κ3) is 4.66. The molecule has 3 heterocycles. The molecule has 1 amide bonds. The number of thioether (sulfide) groups is 1. The molecular weight excluding hydrogens is 468 g/mol. The Hall–Kier alpha value is -3.69. The van der Waals surface area contributed by atoms with Crippen molar-refractivity contribution >= 4 is 56.1 Å². The summed E-state index contributed by atoms with van der Waals surface area (Å²) in [4.78, 5) is 38.3. The number of nitrogens with zero attached hydrogens (tertiary/aromatic N) is 2. The van der Waals surface area contributed by atoms with Crippen LogP contribution >= 0.6 is 23.1 Å². The second kappa shape index (κ2) is 9.66. The lowest BCUT2D eigenvalue weighted by Gasteiger charge is -2.14. The molecule has 0 fully saturated rings. The van der Waals surface area contributed by atoms with Crippen molar-refractivity contribution in [2.24, 2.45) is 0 Å². The van der Waals surface area contributed by atoms with E-state index < -0.39 is 12.0 Å². The molecule has 0 aliphatic rings. The summed E-state index contributed by atoms with van der Waals surface area (Å²) in [5.41, 5.74) is 2.88. The highest BCUT2D eigenvalue weighted by atomic mass is 32.2. The van der Waals surface area contributed by atoms with E-state index in [0.717, 1.165) is 37.1 Å². The Labute approximate surface area is 203 Å². The first-order chi connectivity index (χ1) is 16.6. The molecule has 7 nitrogen and oxygen atoms in total. The van der Waals surface area contributed by atoms with Crippen LogP contribution in [0.25, 0.3) is 31.6 Å². The number of aromatic amines is 1. The van der Waals surface area contributed by atoms with Crippen LogP contribution < -0.4 is 5.32 Å². The molecule has 5 rings (SSSR count). The molecule has 0 saturated carbocycles. The number of thiophene rings is 1. The normalized spacial score (nSPS) is 12.1. The molecule has 0 radical (unpaired) electrons. The molecule has 0 saturated heterocycles. The smallest absolute Gasteiger partial charge is 0.326 e. The van der Waals surface area contributed by atoms with Crippen molar-refractivity contribution in [3.05, 3.63) is 78.8 Å². The molecule has 1 atom stereocenters. The minimum Gasteiger partial charge on any atom is -0.480 e. The molecule has 0 aliphatic carbocycles. The number of rotatable bonds is 8. The monoisotopic (exact) mass is 488 g/mol. The standard InChI is InChI=1S/C25H20N4O3S2/c30-22(29-20(25(31)32)10-16-12-26-19-9-5-4-8-17(16)19)13-33-23-18-11-21(15-6-2-1-3-7-15)34-24(18)28-14-27-23/h1-9,11-12,14,20,26H,10,13H2,(H,29,30)(H,31,32). The van der Waals surface area contributed by atoms with Crippen LogP contribution in [0.15, 0.2) is 78.2 Å². The highest BCUT2D eigenvalue weighted by Gasteiger charge is 2.22. The van der Waals surface area contributed by atoms with E-state index in [1.165, 1.54) is 18.1 Å². The summed E-state index contributed by atoms with van der Waals surface area (Å²) in [6, 6.07) is 18.7. The molecule has 0 aliphatic heterocycles. The van der Waals surface area contributed by atoms with Crippen molar-refractivity contribution in [3.8, 4) is 10.4 Å². The molecule has 3 N–H and O–H groups in total. The van der Waals surface area contributed by atoms with E-state index in [-0.39, 0.29) is 18.1 Å². The van der Waals surface area contributed by atoms with Gasteiger partial charge in [0.1, 0.15) is 22.2 Å². The molecule has 3 aromatic heterocycles. The fourth-order valence-electron chi connectivity index (χ4n) is 3.78. The van der Waals surface area contributed by atoms with Crippen molar-refractivity contribution < 1.29 is 14.7 Å². The number of aliphatic carboxylic acids is 1. The second-order valence-electron chi connectivity index (χ2n) is 7.68. The van der Waals surface area contributed by atoms with Crippen molar-refractivity contribution in [2.75, 3.05) is 5.75 Å². The Kier molecular flexibility index (Phi) is 6.29. The van der Waals surface area contributed by atoms with Crippen LogP contribution in [0, 0.1) is 0 Å². The van der Waals surface area contributed by atoms with E-state index in [2.05, 4.69) is 20.3 Å². The number of hydrogen-bond acceptors (Lipinski definition) is 6. The Bertz CT molecular complexity index is 1480. The quantitative estimate of drug-likeness (QED) is 0.215. The predicted octanol–water partition coefficient (Wildman–Crippen LogP) is 4.74.